The van der Waals surface area contributed by atoms with Gasteiger partial charge in [-0.25, -0.2) is 4.79 Å². The Morgan fingerprint density at radius 2 is 1.93 bits per heavy atom. The quantitative estimate of drug-likeness (QED) is 0.604. The molecule has 0 aromatic carbocycles. The van der Waals surface area contributed by atoms with Crippen LogP contribution in [0.15, 0.2) is 0 Å². The van der Waals surface area contributed by atoms with Gasteiger partial charge in [0.15, 0.2) is 0 Å². The number of hydrogen-bond donors (Lipinski definition) is 0. The number of fused-ring (bicyclic) bond motifs is 1. The Kier molecular flexibility index (Phi) is 2.41. The summed E-state index contributed by atoms with van der Waals surface area (Å²) in [6.07, 6.45) is -0.162. The van der Waals surface area contributed by atoms with Crippen molar-refractivity contribution in [1.82, 2.24) is 9.80 Å². The van der Waals surface area contributed by atoms with Gasteiger partial charge in [0.05, 0.1) is 0 Å². The van der Waals surface area contributed by atoms with E-state index in [9.17, 15) is 4.79 Å². The first kappa shape index (κ1) is 10.7. The van der Waals surface area contributed by atoms with E-state index in [1.54, 1.807) is 0 Å². The largest absolute Gasteiger partial charge is 0.444 e. The maximum atomic E-state index is 11.8. The van der Waals surface area contributed by atoms with Gasteiger partial charge in [-0.2, -0.15) is 0 Å². The van der Waals surface area contributed by atoms with Crippen LogP contribution in [0.4, 0.5) is 4.79 Å². The molecular formula is C11H20N2O2. The van der Waals surface area contributed by atoms with E-state index in [0.717, 1.165) is 19.6 Å². The topological polar surface area (TPSA) is 32.8 Å². The molecule has 4 heteroatoms. The molecule has 0 bridgehead atoms. The zero-order valence-electron chi connectivity index (χ0n) is 9.99. The van der Waals surface area contributed by atoms with Gasteiger partial charge in [-0.1, -0.05) is 0 Å². The molecule has 15 heavy (non-hydrogen) atoms. The SMILES string of the molecule is CN1CC2CN(C(=O)OC(C)(C)C)CC21. The van der Waals surface area contributed by atoms with E-state index >= 15 is 0 Å². The number of rotatable bonds is 0. The highest BCUT2D eigenvalue weighted by molar-refractivity contribution is 5.68. The zero-order valence-corrected chi connectivity index (χ0v) is 9.99. The Hall–Kier alpha value is -0.770. The Bertz CT molecular complexity index is 272. The van der Waals surface area contributed by atoms with E-state index in [0.29, 0.717) is 12.0 Å². The lowest BCUT2D eigenvalue weighted by atomic mass is 9.93. The van der Waals surface area contributed by atoms with Crippen LogP contribution in [-0.2, 0) is 4.74 Å². The van der Waals surface area contributed by atoms with Crippen LogP contribution in [0.5, 0.6) is 0 Å². The van der Waals surface area contributed by atoms with Crippen LogP contribution in [0.1, 0.15) is 20.8 Å². The second-order valence-corrected chi connectivity index (χ2v) is 5.65. The van der Waals surface area contributed by atoms with Crippen molar-refractivity contribution in [3.05, 3.63) is 0 Å². The van der Waals surface area contributed by atoms with Crippen molar-refractivity contribution in [1.29, 1.82) is 0 Å². The standard InChI is InChI=1S/C11H20N2O2/c1-11(2,3)15-10(14)13-6-8-5-12(4)9(8)7-13/h8-9H,5-7H2,1-4H3. The first-order valence-corrected chi connectivity index (χ1v) is 5.55. The molecule has 2 heterocycles. The van der Waals surface area contributed by atoms with Gasteiger partial charge in [-0.05, 0) is 27.8 Å². The van der Waals surface area contributed by atoms with Crippen LogP contribution < -0.4 is 0 Å². The van der Waals surface area contributed by atoms with Crippen molar-refractivity contribution in [2.24, 2.45) is 5.92 Å². The first-order valence-electron chi connectivity index (χ1n) is 5.55. The van der Waals surface area contributed by atoms with Crippen LogP contribution in [0.3, 0.4) is 0 Å². The van der Waals surface area contributed by atoms with Crippen LogP contribution in [0.2, 0.25) is 0 Å². The predicted octanol–water partition coefficient (Wildman–Crippen LogP) is 1.17. The average molecular weight is 212 g/mol. The Morgan fingerprint density at radius 3 is 2.40 bits per heavy atom. The summed E-state index contributed by atoms with van der Waals surface area (Å²) in [4.78, 5) is 15.9. The number of amides is 1. The molecule has 0 radical (unpaired) electrons. The normalized spacial score (nSPS) is 31.1. The number of hydrogen-bond acceptors (Lipinski definition) is 3. The number of likely N-dealkylation sites (tertiary alicyclic amines) is 2. The van der Waals surface area contributed by atoms with Gasteiger partial charge in [0.25, 0.3) is 0 Å². The molecule has 2 aliphatic heterocycles. The van der Waals surface area contributed by atoms with Gasteiger partial charge >= 0.3 is 6.09 Å². The summed E-state index contributed by atoms with van der Waals surface area (Å²) in [5, 5.41) is 0. The molecule has 2 aliphatic rings. The first-order chi connectivity index (χ1) is 6.87. The van der Waals surface area contributed by atoms with Gasteiger partial charge in [0.2, 0.25) is 0 Å². The summed E-state index contributed by atoms with van der Waals surface area (Å²) in [5.41, 5.74) is -0.384. The molecule has 0 aromatic rings. The summed E-state index contributed by atoms with van der Waals surface area (Å²) >= 11 is 0. The fourth-order valence-corrected chi connectivity index (χ4v) is 2.38. The molecule has 2 rings (SSSR count). The zero-order chi connectivity index (χ0) is 11.2. The van der Waals surface area contributed by atoms with Crippen molar-refractivity contribution in [2.45, 2.75) is 32.4 Å². The van der Waals surface area contributed by atoms with Gasteiger partial charge in [-0.3, -0.25) is 0 Å². The summed E-state index contributed by atoms with van der Waals surface area (Å²) in [6.45, 7) is 8.52. The third-order valence-corrected chi connectivity index (χ3v) is 3.15. The molecule has 2 atom stereocenters. The molecule has 2 saturated heterocycles. The highest BCUT2D eigenvalue weighted by Crippen LogP contribution is 2.31. The summed E-state index contributed by atoms with van der Waals surface area (Å²) in [6, 6.07) is 0.567. The summed E-state index contributed by atoms with van der Waals surface area (Å²) in [5.74, 6) is 0.669. The van der Waals surface area contributed by atoms with Crippen LogP contribution >= 0.6 is 0 Å². The second-order valence-electron chi connectivity index (χ2n) is 5.65. The average Bonchev–Trinajstić information content (AvgIpc) is 2.39. The molecule has 0 saturated carbocycles. The number of likely N-dealkylation sites (N-methyl/N-ethyl adjacent to an activating group) is 1. The lowest BCUT2D eigenvalue weighted by Crippen LogP contribution is -2.52. The molecule has 0 aromatic heterocycles. The van der Waals surface area contributed by atoms with E-state index in [-0.39, 0.29) is 11.7 Å². The molecule has 0 N–H and O–H groups in total. The molecule has 0 spiro atoms. The monoisotopic (exact) mass is 212 g/mol. The van der Waals surface area contributed by atoms with Crippen LogP contribution in [-0.4, -0.2) is 54.2 Å². The van der Waals surface area contributed by atoms with Gasteiger partial charge in [0.1, 0.15) is 5.60 Å². The Morgan fingerprint density at radius 1 is 1.27 bits per heavy atom. The van der Waals surface area contributed by atoms with Crippen molar-refractivity contribution in [2.75, 3.05) is 26.7 Å². The van der Waals surface area contributed by atoms with Crippen molar-refractivity contribution in [3.8, 4) is 0 Å². The minimum absolute atomic E-state index is 0.162. The maximum absolute atomic E-state index is 11.8. The lowest BCUT2D eigenvalue weighted by Gasteiger charge is -2.40. The highest BCUT2D eigenvalue weighted by atomic mass is 16.6. The summed E-state index contributed by atoms with van der Waals surface area (Å²) in [7, 11) is 2.11. The van der Waals surface area contributed by atoms with Crippen molar-refractivity contribution >= 4 is 6.09 Å². The van der Waals surface area contributed by atoms with E-state index in [1.165, 1.54) is 0 Å². The van der Waals surface area contributed by atoms with Gasteiger partial charge < -0.3 is 14.5 Å². The van der Waals surface area contributed by atoms with Gasteiger partial charge in [0, 0.05) is 31.6 Å². The molecule has 2 unspecified atom stereocenters. The number of ether oxygens (including phenoxy) is 1. The fraction of sp³-hybridized carbons (Fsp3) is 0.909. The number of carbonyl (C=O) groups excluding carboxylic acids is 1. The molecule has 86 valence electrons. The molecule has 1 amide bonds. The molecular weight excluding hydrogens is 192 g/mol. The second kappa shape index (κ2) is 3.37. The number of carbonyl (C=O) groups is 1. The minimum atomic E-state index is -0.384. The van der Waals surface area contributed by atoms with E-state index in [2.05, 4.69) is 11.9 Å². The van der Waals surface area contributed by atoms with Crippen molar-refractivity contribution < 1.29 is 9.53 Å². The lowest BCUT2D eigenvalue weighted by molar-refractivity contribution is 0.0289. The van der Waals surface area contributed by atoms with E-state index in [1.807, 2.05) is 25.7 Å². The third kappa shape index (κ3) is 2.09. The number of nitrogens with zero attached hydrogens (tertiary/aromatic N) is 2. The highest BCUT2D eigenvalue weighted by Gasteiger charge is 2.45. The molecule has 4 nitrogen and oxygen atoms in total. The molecule has 0 aliphatic carbocycles. The van der Waals surface area contributed by atoms with Crippen LogP contribution in [0.25, 0.3) is 0 Å². The predicted molar refractivity (Wildman–Crippen MR) is 57.7 cm³/mol. The van der Waals surface area contributed by atoms with Crippen LogP contribution in [0, 0.1) is 5.92 Å². The smallest absolute Gasteiger partial charge is 0.410 e. The van der Waals surface area contributed by atoms with Gasteiger partial charge in [-0.15, -0.1) is 0 Å². The third-order valence-electron chi connectivity index (χ3n) is 3.15. The minimum Gasteiger partial charge on any atom is -0.444 e. The summed E-state index contributed by atoms with van der Waals surface area (Å²) < 4.78 is 5.35. The maximum Gasteiger partial charge on any atom is 0.410 e. The van der Waals surface area contributed by atoms with Crippen molar-refractivity contribution in [3.63, 3.8) is 0 Å². The van der Waals surface area contributed by atoms with E-state index < -0.39 is 0 Å². The van der Waals surface area contributed by atoms with E-state index in [4.69, 9.17) is 4.74 Å². The fourth-order valence-electron chi connectivity index (χ4n) is 2.38. The Labute approximate surface area is 91.2 Å². The Balaban J connectivity index is 1.88. The molecule has 2 fully saturated rings.